The second-order valence-electron chi connectivity index (χ2n) is 5.02. The lowest BCUT2D eigenvalue weighted by atomic mass is 9.90. The van der Waals surface area contributed by atoms with Gasteiger partial charge < -0.3 is 5.73 Å². The summed E-state index contributed by atoms with van der Waals surface area (Å²) in [5.41, 5.74) is 6.05. The standard InChI is InChI=1S/C12H24N2/c1-2-11-7-4-8-14(11)12-6-3-5-10(13)9-12/h10-12H,2-9,13H2,1H3. The summed E-state index contributed by atoms with van der Waals surface area (Å²) in [7, 11) is 0. The molecule has 0 aromatic heterocycles. The molecule has 2 rings (SSSR count). The molecule has 1 aliphatic heterocycles. The molecule has 1 saturated heterocycles. The predicted octanol–water partition coefficient (Wildman–Crippen LogP) is 2.13. The molecule has 2 aliphatic rings. The van der Waals surface area contributed by atoms with E-state index in [2.05, 4.69) is 11.8 Å². The first-order chi connectivity index (χ1) is 6.81. The van der Waals surface area contributed by atoms with Crippen LogP contribution in [0.1, 0.15) is 51.9 Å². The highest BCUT2D eigenvalue weighted by atomic mass is 15.2. The molecule has 2 N–H and O–H groups in total. The van der Waals surface area contributed by atoms with Crippen molar-refractivity contribution >= 4 is 0 Å². The van der Waals surface area contributed by atoms with Gasteiger partial charge in [-0.1, -0.05) is 13.3 Å². The van der Waals surface area contributed by atoms with Crippen LogP contribution in [0.4, 0.5) is 0 Å². The molecule has 1 saturated carbocycles. The largest absolute Gasteiger partial charge is 0.328 e. The first kappa shape index (κ1) is 10.4. The lowest BCUT2D eigenvalue weighted by Gasteiger charge is -2.37. The Morgan fingerprint density at radius 2 is 2.07 bits per heavy atom. The molecule has 14 heavy (non-hydrogen) atoms. The van der Waals surface area contributed by atoms with Gasteiger partial charge in [-0.05, 0) is 45.1 Å². The molecule has 2 fully saturated rings. The number of likely N-dealkylation sites (tertiary alicyclic amines) is 1. The van der Waals surface area contributed by atoms with Crippen molar-refractivity contribution in [1.29, 1.82) is 0 Å². The zero-order valence-electron chi connectivity index (χ0n) is 9.41. The minimum atomic E-state index is 0.479. The normalized spacial score (nSPS) is 40.3. The highest BCUT2D eigenvalue weighted by molar-refractivity contribution is 4.88. The fourth-order valence-electron chi connectivity index (χ4n) is 3.28. The Bertz CT molecular complexity index is 181. The van der Waals surface area contributed by atoms with E-state index in [1.54, 1.807) is 0 Å². The van der Waals surface area contributed by atoms with Crippen molar-refractivity contribution in [3.05, 3.63) is 0 Å². The summed E-state index contributed by atoms with van der Waals surface area (Å²) < 4.78 is 0. The summed E-state index contributed by atoms with van der Waals surface area (Å²) in [6.45, 7) is 3.65. The van der Waals surface area contributed by atoms with E-state index in [0.717, 1.165) is 12.1 Å². The Kier molecular flexibility index (Phi) is 3.45. The molecule has 2 heteroatoms. The van der Waals surface area contributed by atoms with E-state index in [-0.39, 0.29) is 0 Å². The Morgan fingerprint density at radius 3 is 2.79 bits per heavy atom. The van der Waals surface area contributed by atoms with Crippen molar-refractivity contribution in [2.45, 2.75) is 70.0 Å². The van der Waals surface area contributed by atoms with Crippen LogP contribution in [-0.2, 0) is 0 Å². The van der Waals surface area contributed by atoms with Gasteiger partial charge in [0.15, 0.2) is 0 Å². The van der Waals surface area contributed by atoms with Crippen LogP contribution in [-0.4, -0.2) is 29.6 Å². The number of nitrogens with two attached hydrogens (primary N) is 1. The van der Waals surface area contributed by atoms with E-state index in [0.29, 0.717) is 6.04 Å². The van der Waals surface area contributed by atoms with Crippen molar-refractivity contribution < 1.29 is 0 Å². The third-order valence-electron chi connectivity index (χ3n) is 4.05. The van der Waals surface area contributed by atoms with Crippen LogP contribution in [0.2, 0.25) is 0 Å². The quantitative estimate of drug-likeness (QED) is 0.733. The second kappa shape index (κ2) is 4.63. The molecule has 82 valence electrons. The number of nitrogens with zero attached hydrogens (tertiary/aromatic N) is 1. The van der Waals surface area contributed by atoms with Crippen LogP contribution in [0.5, 0.6) is 0 Å². The van der Waals surface area contributed by atoms with Crippen molar-refractivity contribution in [1.82, 2.24) is 4.90 Å². The average molecular weight is 196 g/mol. The first-order valence-electron chi connectivity index (χ1n) is 6.32. The van der Waals surface area contributed by atoms with Crippen LogP contribution in [0.3, 0.4) is 0 Å². The van der Waals surface area contributed by atoms with E-state index in [9.17, 15) is 0 Å². The SMILES string of the molecule is CCC1CCCN1C1CCCC(N)C1. The Labute approximate surface area is 87.8 Å². The molecule has 1 heterocycles. The minimum absolute atomic E-state index is 0.479. The highest BCUT2D eigenvalue weighted by Gasteiger charge is 2.31. The Hall–Kier alpha value is -0.0800. The molecule has 3 atom stereocenters. The summed E-state index contributed by atoms with van der Waals surface area (Å²) in [6.07, 6.45) is 9.39. The van der Waals surface area contributed by atoms with E-state index >= 15 is 0 Å². The van der Waals surface area contributed by atoms with E-state index in [4.69, 9.17) is 5.73 Å². The number of rotatable bonds is 2. The molecule has 2 nitrogen and oxygen atoms in total. The van der Waals surface area contributed by atoms with E-state index in [1.165, 1.54) is 51.5 Å². The molecular formula is C12H24N2. The number of hydrogen-bond donors (Lipinski definition) is 1. The van der Waals surface area contributed by atoms with Crippen molar-refractivity contribution in [3.8, 4) is 0 Å². The molecule has 0 aromatic rings. The monoisotopic (exact) mass is 196 g/mol. The minimum Gasteiger partial charge on any atom is -0.328 e. The molecule has 1 aliphatic carbocycles. The molecular weight excluding hydrogens is 172 g/mol. The van der Waals surface area contributed by atoms with Gasteiger partial charge in [0, 0.05) is 18.1 Å². The highest BCUT2D eigenvalue weighted by Crippen LogP contribution is 2.29. The molecule has 0 spiro atoms. The zero-order valence-corrected chi connectivity index (χ0v) is 9.41. The molecule has 0 bridgehead atoms. The lowest BCUT2D eigenvalue weighted by molar-refractivity contribution is 0.131. The summed E-state index contributed by atoms with van der Waals surface area (Å²) in [5, 5.41) is 0. The van der Waals surface area contributed by atoms with E-state index in [1.807, 2.05) is 0 Å². The maximum Gasteiger partial charge on any atom is 0.0113 e. The molecule has 0 radical (unpaired) electrons. The van der Waals surface area contributed by atoms with Crippen LogP contribution >= 0.6 is 0 Å². The summed E-state index contributed by atoms with van der Waals surface area (Å²) in [6, 6.07) is 2.16. The second-order valence-corrected chi connectivity index (χ2v) is 5.02. The van der Waals surface area contributed by atoms with Gasteiger partial charge in [-0.25, -0.2) is 0 Å². The summed E-state index contributed by atoms with van der Waals surface area (Å²) in [5.74, 6) is 0. The average Bonchev–Trinajstić information content (AvgIpc) is 2.65. The van der Waals surface area contributed by atoms with Crippen molar-refractivity contribution in [2.24, 2.45) is 5.73 Å². The van der Waals surface area contributed by atoms with Gasteiger partial charge in [-0.2, -0.15) is 0 Å². The summed E-state index contributed by atoms with van der Waals surface area (Å²) >= 11 is 0. The van der Waals surface area contributed by atoms with Gasteiger partial charge in [0.25, 0.3) is 0 Å². The van der Waals surface area contributed by atoms with Gasteiger partial charge in [0.05, 0.1) is 0 Å². The fourth-order valence-corrected chi connectivity index (χ4v) is 3.28. The lowest BCUT2D eigenvalue weighted by Crippen LogP contribution is -2.44. The third-order valence-corrected chi connectivity index (χ3v) is 4.05. The van der Waals surface area contributed by atoms with Gasteiger partial charge in [-0.15, -0.1) is 0 Å². The van der Waals surface area contributed by atoms with Crippen LogP contribution in [0.15, 0.2) is 0 Å². The summed E-state index contributed by atoms with van der Waals surface area (Å²) in [4.78, 5) is 2.75. The van der Waals surface area contributed by atoms with Crippen LogP contribution < -0.4 is 5.73 Å². The number of hydrogen-bond acceptors (Lipinski definition) is 2. The van der Waals surface area contributed by atoms with Gasteiger partial charge in [0.1, 0.15) is 0 Å². The van der Waals surface area contributed by atoms with Gasteiger partial charge in [-0.3, -0.25) is 4.90 Å². The van der Waals surface area contributed by atoms with Crippen molar-refractivity contribution in [2.75, 3.05) is 6.54 Å². The molecule has 3 unspecified atom stereocenters. The zero-order chi connectivity index (χ0) is 9.97. The maximum absolute atomic E-state index is 6.05. The maximum atomic E-state index is 6.05. The topological polar surface area (TPSA) is 29.3 Å². The van der Waals surface area contributed by atoms with E-state index < -0.39 is 0 Å². The van der Waals surface area contributed by atoms with Gasteiger partial charge >= 0.3 is 0 Å². The smallest absolute Gasteiger partial charge is 0.0113 e. The van der Waals surface area contributed by atoms with Crippen molar-refractivity contribution in [3.63, 3.8) is 0 Å². The predicted molar refractivity (Wildman–Crippen MR) is 60.3 cm³/mol. The van der Waals surface area contributed by atoms with Crippen LogP contribution in [0, 0.1) is 0 Å². The molecule has 0 aromatic carbocycles. The first-order valence-corrected chi connectivity index (χ1v) is 6.32. The Morgan fingerprint density at radius 1 is 1.21 bits per heavy atom. The molecule has 0 amide bonds. The fraction of sp³-hybridized carbons (Fsp3) is 1.00. The van der Waals surface area contributed by atoms with Gasteiger partial charge in [0.2, 0.25) is 0 Å². The third kappa shape index (κ3) is 2.12. The van der Waals surface area contributed by atoms with Crippen LogP contribution in [0.25, 0.3) is 0 Å². The Balaban J connectivity index is 1.92.